The van der Waals surface area contributed by atoms with Gasteiger partial charge in [0.15, 0.2) is 6.10 Å². The third-order valence-corrected chi connectivity index (χ3v) is 11.5. The van der Waals surface area contributed by atoms with Crippen LogP contribution in [-0.4, -0.2) is 98.3 Å². The molecule has 0 heterocycles. The van der Waals surface area contributed by atoms with Gasteiger partial charge in [0.1, 0.15) is 43.2 Å². The van der Waals surface area contributed by atoms with Crippen LogP contribution in [0.5, 0.6) is 0 Å². The van der Waals surface area contributed by atoms with Crippen LogP contribution in [0.1, 0.15) is 168 Å². The Morgan fingerprint density at radius 1 is 0.492 bits per heavy atom. The molecule has 1 fully saturated rings. The lowest BCUT2D eigenvalue weighted by atomic mass is 9.85. The molecular formula is C49H83O13P. The molecule has 14 heteroatoms. The molecule has 0 amide bonds. The molecule has 0 aliphatic heterocycles. The van der Waals surface area contributed by atoms with Crippen molar-refractivity contribution in [1.29, 1.82) is 0 Å². The Balaban J connectivity index is 2.52. The van der Waals surface area contributed by atoms with Crippen LogP contribution in [0.3, 0.4) is 0 Å². The van der Waals surface area contributed by atoms with Crippen molar-refractivity contribution in [2.75, 3.05) is 13.2 Å². The predicted molar refractivity (Wildman–Crippen MR) is 249 cm³/mol. The Labute approximate surface area is 378 Å². The molecule has 0 spiro atoms. The van der Waals surface area contributed by atoms with E-state index in [2.05, 4.69) is 68.5 Å². The molecule has 63 heavy (non-hydrogen) atoms. The number of phosphoric ester groups is 1. The normalized spacial score (nSPS) is 22.3. The van der Waals surface area contributed by atoms with E-state index in [1.54, 1.807) is 0 Å². The van der Waals surface area contributed by atoms with Crippen molar-refractivity contribution < 1.29 is 63.1 Å². The van der Waals surface area contributed by atoms with Crippen LogP contribution >= 0.6 is 7.82 Å². The third kappa shape index (κ3) is 31.0. The lowest BCUT2D eigenvalue weighted by molar-refractivity contribution is -0.220. The fourth-order valence-corrected chi connectivity index (χ4v) is 7.65. The molecule has 0 aromatic rings. The molecule has 0 radical (unpaired) electrons. The maximum Gasteiger partial charge on any atom is 0.472 e. The van der Waals surface area contributed by atoms with Gasteiger partial charge < -0.3 is 39.9 Å². The van der Waals surface area contributed by atoms with Gasteiger partial charge in [0, 0.05) is 12.8 Å². The SMILES string of the molecule is CCCCC/C=C/C/C=C/C/C=C/C/C=C/C/C=C/CCC(=O)OC[C@@H](COP(=O)(O)OC1C(O)C(O)C(O)[C@H](O)C1O)OC(=O)CCCC/C=C/CCCCCCCCCCC. The average molecular weight is 911 g/mol. The van der Waals surface area contributed by atoms with Crippen molar-refractivity contribution in [2.24, 2.45) is 0 Å². The largest absolute Gasteiger partial charge is 0.472 e. The summed E-state index contributed by atoms with van der Waals surface area (Å²) in [5.74, 6) is -1.23. The highest BCUT2D eigenvalue weighted by Crippen LogP contribution is 2.47. The van der Waals surface area contributed by atoms with Gasteiger partial charge in [-0.15, -0.1) is 0 Å². The highest BCUT2D eigenvalue weighted by atomic mass is 31.2. The lowest BCUT2D eigenvalue weighted by Gasteiger charge is -2.41. The maximum absolute atomic E-state index is 12.8. The maximum atomic E-state index is 12.8. The molecule has 0 aromatic carbocycles. The van der Waals surface area contributed by atoms with Crippen molar-refractivity contribution >= 4 is 19.8 Å². The van der Waals surface area contributed by atoms with E-state index in [0.29, 0.717) is 19.3 Å². The second-order valence-electron chi connectivity index (χ2n) is 16.3. The third-order valence-electron chi connectivity index (χ3n) is 10.5. The van der Waals surface area contributed by atoms with Crippen molar-refractivity contribution in [3.05, 3.63) is 72.9 Å². The number of phosphoric acid groups is 1. The number of unbranched alkanes of at least 4 members (excludes halogenated alkanes) is 14. The molecule has 0 saturated heterocycles. The van der Waals surface area contributed by atoms with E-state index in [-0.39, 0.29) is 12.8 Å². The van der Waals surface area contributed by atoms with E-state index in [1.165, 1.54) is 70.6 Å². The Morgan fingerprint density at radius 3 is 1.41 bits per heavy atom. The van der Waals surface area contributed by atoms with Crippen molar-refractivity contribution in [1.82, 2.24) is 0 Å². The van der Waals surface area contributed by atoms with Gasteiger partial charge in [-0.3, -0.25) is 18.6 Å². The van der Waals surface area contributed by atoms with Gasteiger partial charge in [0.25, 0.3) is 0 Å². The number of allylic oxidation sites excluding steroid dienone is 12. The number of rotatable bonds is 38. The molecule has 8 atom stereocenters. The summed E-state index contributed by atoms with van der Waals surface area (Å²) >= 11 is 0. The summed E-state index contributed by atoms with van der Waals surface area (Å²) in [6.07, 6.45) is 35.4. The van der Waals surface area contributed by atoms with Crippen LogP contribution in [0.15, 0.2) is 72.9 Å². The second-order valence-corrected chi connectivity index (χ2v) is 17.7. The van der Waals surface area contributed by atoms with Crippen molar-refractivity contribution in [3.8, 4) is 0 Å². The lowest BCUT2D eigenvalue weighted by Crippen LogP contribution is -2.64. The Morgan fingerprint density at radius 2 is 0.889 bits per heavy atom. The zero-order chi connectivity index (χ0) is 46.4. The summed E-state index contributed by atoms with van der Waals surface area (Å²) in [5.41, 5.74) is 0. The van der Waals surface area contributed by atoms with E-state index >= 15 is 0 Å². The molecule has 6 N–H and O–H groups in total. The highest BCUT2D eigenvalue weighted by molar-refractivity contribution is 7.47. The molecule has 0 bridgehead atoms. The van der Waals surface area contributed by atoms with Gasteiger partial charge in [0.2, 0.25) is 0 Å². The topological polar surface area (TPSA) is 210 Å². The number of hydrogen-bond donors (Lipinski definition) is 6. The molecule has 1 aliphatic rings. The first kappa shape index (κ1) is 58.3. The standard InChI is InChI=1S/C49H83O13P/c1-3-5-7-9-11-13-15-17-19-20-21-22-24-25-27-29-31-33-35-37-42(50)59-39-41(40-60-63(57,58)62-49-47(55)45(53)44(52)46(54)48(49)56)61-43(51)38-36-34-32-30-28-26-23-18-16-14-12-10-8-6-4-2/h11,13,17,19,21-22,25,27-28,30-31,33,41,44-49,52-56H,3-10,12,14-16,18,20,23-24,26,29,32,34-40H2,1-2H3,(H,57,58)/b13-11+,19-17+,22-21+,27-25+,30-28+,33-31+/t41-,44?,45-,46?,47?,48?,49?/m0/s1. The van der Waals surface area contributed by atoms with E-state index < -0.39 is 75.7 Å². The fourth-order valence-electron chi connectivity index (χ4n) is 6.68. The number of carbonyl (C=O) groups excluding carboxylic acids is 2. The van der Waals surface area contributed by atoms with E-state index in [9.17, 15) is 44.6 Å². The van der Waals surface area contributed by atoms with Crippen LogP contribution in [0, 0.1) is 0 Å². The summed E-state index contributed by atoms with van der Waals surface area (Å²) < 4.78 is 33.4. The van der Waals surface area contributed by atoms with Gasteiger partial charge >= 0.3 is 19.8 Å². The van der Waals surface area contributed by atoms with Gasteiger partial charge in [0.05, 0.1) is 6.61 Å². The quantitative estimate of drug-likeness (QED) is 0.0148. The molecule has 13 nitrogen and oxygen atoms in total. The zero-order valence-electron chi connectivity index (χ0n) is 38.3. The highest BCUT2D eigenvalue weighted by Gasteiger charge is 2.51. The summed E-state index contributed by atoms with van der Waals surface area (Å²) in [6, 6.07) is 0. The Hall–Kier alpha value is -2.71. The van der Waals surface area contributed by atoms with Gasteiger partial charge in [-0.25, -0.2) is 4.57 Å². The first-order valence-corrected chi connectivity index (χ1v) is 25.2. The summed E-state index contributed by atoms with van der Waals surface area (Å²) in [6.45, 7) is 3.18. The van der Waals surface area contributed by atoms with E-state index in [0.717, 1.165) is 51.4 Å². The molecule has 1 rings (SSSR count). The molecule has 0 aromatic heterocycles. The van der Waals surface area contributed by atoms with Crippen molar-refractivity contribution in [2.45, 2.75) is 211 Å². The smallest absolute Gasteiger partial charge is 0.462 e. The minimum absolute atomic E-state index is 0.0366. The van der Waals surface area contributed by atoms with Crippen LogP contribution in [0.25, 0.3) is 0 Å². The molecule has 6 unspecified atom stereocenters. The number of hydrogen-bond acceptors (Lipinski definition) is 12. The first-order valence-electron chi connectivity index (χ1n) is 23.7. The second kappa shape index (κ2) is 38.5. The fraction of sp³-hybridized carbons (Fsp3) is 0.714. The van der Waals surface area contributed by atoms with Gasteiger partial charge in [-0.1, -0.05) is 151 Å². The summed E-state index contributed by atoms with van der Waals surface area (Å²) in [5, 5.41) is 50.1. The minimum Gasteiger partial charge on any atom is -0.462 e. The Bertz CT molecular complexity index is 1380. The number of ether oxygens (including phenoxy) is 2. The van der Waals surface area contributed by atoms with Gasteiger partial charge in [-0.05, 0) is 77.0 Å². The number of aliphatic hydroxyl groups excluding tert-OH is 5. The minimum atomic E-state index is -5.14. The van der Waals surface area contributed by atoms with E-state index in [4.69, 9.17) is 18.5 Å². The summed E-state index contributed by atoms with van der Waals surface area (Å²) in [7, 11) is -5.14. The van der Waals surface area contributed by atoms with Crippen LogP contribution in [-0.2, 0) is 32.7 Å². The summed E-state index contributed by atoms with van der Waals surface area (Å²) in [4.78, 5) is 35.7. The van der Waals surface area contributed by atoms with E-state index in [1.807, 2.05) is 18.2 Å². The number of esters is 2. The van der Waals surface area contributed by atoms with Crippen molar-refractivity contribution in [3.63, 3.8) is 0 Å². The van der Waals surface area contributed by atoms with Crippen LogP contribution in [0.2, 0.25) is 0 Å². The van der Waals surface area contributed by atoms with Crippen LogP contribution < -0.4 is 0 Å². The molecule has 1 saturated carbocycles. The van der Waals surface area contributed by atoms with Crippen LogP contribution in [0.4, 0.5) is 0 Å². The zero-order valence-corrected chi connectivity index (χ0v) is 39.2. The monoisotopic (exact) mass is 911 g/mol. The van der Waals surface area contributed by atoms with Gasteiger partial charge in [-0.2, -0.15) is 0 Å². The number of aliphatic hydroxyl groups is 5. The average Bonchev–Trinajstić information content (AvgIpc) is 3.26. The molecule has 1 aliphatic carbocycles. The first-order chi connectivity index (χ1) is 30.4. The molecular weight excluding hydrogens is 827 g/mol. The Kier molecular flexibility index (Phi) is 35.7. The number of carbonyl (C=O) groups is 2. The molecule has 362 valence electrons. The predicted octanol–water partition coefficient (Wildman–Crippen LogP) is 9.50.